The van der Waals surface area contributed by atoms with Gasteiger partial charge in [0.15, 0.2) is 9.84 Å². The Bertz CT molecular complexity index is 438. The van der Waals surface area contributed by atoms with Crippen molar-refractivity contribution >= 4 is 15.8 Å². The number of hydrogen-bond donors (Lipinski definition) is 1. The third-order valence-electron chi connectivity index (χ3n) is 4.66. The number of aliphatic carboxylic acids is 1. The average molecular weight is 289 g/mol. The standard InChI is InChI=1S/C13H23NO4S/c1-2-4-13(12(15)16)5-7-14(8-6-13)11-3-9-19(17,18)10-11/h11H,2-10H2,1H3,(H,15,16). The first-order valence-electron chi connectivity index (χ1n) is 7.06. The molecule has 0 radical (unpaired) electrons. The van der Waals surface area contributed by atoms with Gasteiger partial charge < -0.3 is 5.11 Å². The van der Waals surface area contributed by atoms with E-state index in [1.54, 1.807) is 0 Å². The minimum Gasteiger partial charge on any atom is -0.481 e. The van der Waals surface area contributed by atoms with Gasteiger partial charge in [0.2, 0.25) is 0 Å². The summed E-state index contributed by atoms with van der Waals surface area (Å²) in [6.45, 7) is 3.44. The molecule has 5 nitrogen and oxygen atoms in total. The van der Waals surface area contributed by atoms with E-state index in [0.29, 0.717) is 32.4 Å². The molecule has 0 aromatic heterocycles. The summed E-state index contributed by atoms with van der Waals surface area (Å²) in [5, 5.41) is 9.44. The monoisotopic (exact) mass is 289 g/mol. The summed E-state index contributed by atoms with van der Waals surface area (Å²) in [5.41, 5.74) is -0.581. The number of likely N-dealkylation sites (tertiary alicyclic amines) is 1. The number of rotatable bonds is 4. The fourth-order valence-electron chi connectivity index (χ4n) is 3.43. The SMILES string of the molecule is CCCC1(C(=O)O)CCN(C2CCS(=O)(=O)C2)CC1. The maximum Gasteiger partial charge on any atom is 0.309 e. The molecular formula is C13H23NO4S. The topological polar surface area (TPSA) is 74.7 Å². The molecule has 2 fully saturated rings. The number of carbonyl (C=O) groups is 1. The molecule has 0 aromatic rings. The molecule has 0 amide bonds. The molecule has 19 heavy (non-hydrogen) atoms. The van der Waals surface area contributed by atoms with Gasteiger partial charge in [-0.1, -0.05) is 13.3 Å². The normalized spacial score (nSPS) is 30.3. The summed E-state index contributed by atoms with van der Waals surface area (Å²) in [7, 11) is -2.86. The molecule has 2 heterocycles. The maximum absolute atomic E-state index is 11.5. The second-order valence-electron chi connectivity index (χ2n) is 5.93. The van der Waals surface area contributed by atoms with Gasteiger partial charge in [0, 0.05) is 6.04 Å². The number of hydrogen-bond acceptors (Lipinski definition) is 4. The highest BCUT2D eigenvalue weighted by atomic mass is 32.2. The molecule has 2 aliphatic rings. The first kappa shape index (κ1) is 14.8. The zero-order chi connectivity index (χ0) is 14.1. The maximum atomic E-state index is 11.5. The third kappa shape index (κ3) is 3.11. The van der Waals surface area contributed by atoms with Crippen LogP contribution in [0, 0.1) is 5.41 Å². The van der Waals surface area contributed by atoms with Gasteiger partial charge in [0.05, 0.1) is 16.9 Å². The number of nitrogens with zero attached hydrogens (tertiary/aromatic N) is 1. The van der Waals surface area contributed by atoms with Crippen LogP contribution in [-0.4, -0.2) is 55.0 Å². The lowest BCUT2D eigenvalue weighted by molar-refractivity contribution is -0.153. The molecule has 6 heteroatoms. The minimum atomic E-state index is -2.86. The molecule has 1 atom stereocenters. The van der Waals surface area contributed by atoms with Crippen molar-refractivity contribution in [2.75, 3.05) is 24.6 Å². The molecule has 1 N–H and O–H groups in total. The number of carboxylic acids is 1. The fourth-order valence-corrected chi connectivity index (χ4v) is 5.19. The van der Waals surface area contributed by atoms with Gasteiger partial charge >= 0.3 is 5.97 Å². The van der Waals surface area contributed by atoms with E-state index < -0.39 is 21.2 Å². The van der Waals surface area contributed by atoms with Crippen molar-refractivity contribution in [2.45, 2.75) is 45.1 Å². The van der Waals surface area contributed by atoms with E-state index in [0.717, 1.165) is 12.8 Å². The molecule has 2 aliphatic heterocycles. The third-order valence-corrected chi connectivity index (χ3v) is 6.41. The van der Waals surface area contributed by atoms with Gasteiger partial charge in [-0.25, -0.2) is 8.42 Å². The van der Waals surface area contributed by atoms with Crippen molar-refractivity contribution in [2.24, 2.45) is 5.41 Å². The zero-order valence-corrected chi connectivity index (χ0v) is 12.3. The van der Waals surface area contributed by atoms with Gasteiger partial charge in [-0.05, 0) is 38.8 Å². The molecule has 110 valence electrons. The zero-order valence-electron chi connectivity index (χ0n) is 11.5. The Labute approximate surface area is 114 Å². The summed E-state index contributed by atoms with van der Waals surface area (Å²) in [6.07, 6.45) is 3.60. The van der Waals surface area contributed by atoms with E-state index in [4.69, 9.17) is 0 Å². The Morgan fingerprint density at radius 2 is 2.00 bits per heavy atom. The Kier molecular flexibility index (Phi) is 4.20. The highest BCUT2D eigenvalue weighted by Crippen LogP contribution is 2.37. The number of sulfone groups is 1. The van der Waals surface area contributed by atoms with Crippen molar-refractivity contribution in [1.29, 1.82) is 0 Å². The van der Waals surface area contributed by atoms with Crippen LogP contribution in [0.4, 0.5) is 0 Å². The van der Waals surface area contributed by atoms with E-state index >= 15 is 0 Å². The Morgan fingerprint density at radius 3 is 2.42 bits per heavy atom. The second-order valence-corrected chi connectivity index (χ2v) is 8.16. The summed E-state index contributed by atoms with van der Waals surface area (Å²) < 4.78 is 23.0. The van der Waals surface area contributed by atoms with E-state index in [1.165, 1.54) is 0 Å². The summed E-state index contributed by atoms with van der Waals surface area (Å²) in [5.74, 6) is -0.151. The van der Waals surface area contributed by atoms with Crippen LogP contribution in [-0.2, 0) is 14.6 Å². The van der Waals surface area contributed by atoms with Crippen molar-refractivity contribution in [3.8, 4) is 0 Å². The molecule has 0 aliphatic carbocycles. The van der Waals surface area contributed by atoms with Crippen LogP contribution in [0.3, 0.4) is 0 Å². The van der Waals surface area contributed by atoms with Crippen LogP contribution in [0.1, 0.15) is 39.0 Å². The summed E-state index contributed by atoms with van der Waals surface area (Å²) in [4.78, 5) is 13.7. The van der Waals surface area contributed by atoms with E-state index in [1.807, 2.05) is 6.92 Å². The van der Waals surface area contributed by atoms with Crippen molar-refractivity contribution < 1.29 is 18.3 Å². The van der Waals surface area contributed by atoms with Crippen LogP contribution in [0.2, 0.25) is 0 Å². The molecule has 1 unspecified atom stereocenters. The first-order valence-corrected chi connectivity index (χ1v) is 8.88. The second kappa shape index (κ2) is 5.40. The summed E-state index contributed by atoms with van der Waals surface area (Å²) in [6, 6.07) is 0.110. The Balaban J connectivity index is 1.97. The minimum absolute atomic E-state index is 0.110. The van der Waals surface area contributed by atoms with Crippen LogP contribution >= 0.6 is 0 Å². The highest BCUT2D eigenvalue weighted by molar-refractivity contribution is 7.91. The molecule has 0 spiro atoms. The van der Waals surface area contributed by atoms with Crippen LogP contribution in [0.5, 0.6) is 0 Å². The number of carboxylic acid groups (broad SMARTS) is 1. The largest absolute Gasteiger partial charge is 0.481 e. The smallest absolute Gasteiger partial charge is 0.309 e. The summed E-state index contributed by atoms with van der Waals surface area (Å²) >= 11 is 0. The van der Waals surface area contributed by atoms with Gasteiger partial charge in [-0.15, -0.1) is 0 Å². The molecular weight excluding hydrogens is 266 g/mol. The number of piperidine rings is 1. The fraction of sp³-hybridized carbons (Fsp3) is 0.923. The quantitative estimate of drug-likeness (QED) is 0.840. The molecule has 0 saturated carbocycles. The van der Waals surface area contributed by atoms with Crippen LogP contribution < -0.4 is 0 Å². The van der Waals surface area contributed by atoms with Gasteiger partial charge in [0.1, 0.15) is 0 Å². The van der Waals surface area contributed by atoms with Gasteiger partial charge in [-0.2, -0.15) is 0 Å². The molecule has 2 saturated heterocycles. The van der Waals surface area contributed by atoms with Crippen molar-refractivity contribution in [3.05, 3.63) is 0 Å². The van der Waals surface area contributed by atoms with Crippen LogP contribution in [0.25, 0.3) is 0 Å². The Morgan fingerprint density at radius 1 is 1.37 bits per heavy atom. The van der Waals surface area contributed by atoms with Gasteiger partial charge in [0.25, 0.3) is 0 Å². The molecule has 0 bridgehead atoms. The highest BCUT2D eigenvalue weighted by Gasteiger charge is 2.43. The van der Waals surface area contributed by atoms with E-state index in [9.17, 15) is 18.3 Å². The van der Waals surface area contributed by atoms with E-state index in [-0.39, 0.29) is 17.5 Å². The Hall–Kier alpha value is -0.620. The van der Waals surface area contributed by atoms with Crippen molar-refractivity contribution in [3.63, 3.8) is 0 Å². The van der Waals surface area contributed by atoms with Crippen molar-refractivity contribution in [1.82, 2.24) is 4.90 Å². The predicted octanol–water partition coefficient (Wildman–Crippen LogP) is 1.14. The lowest BCUT2D eigenvalue weighted by atomic mass is 9.74. The molecule has 2 rings (SSSR count). The lowest BCUT2D eigenvalue weighted by Gasteiger charge is -2.41. The molecule has 0 aromatic carbocycles. The predicted molar refractivity (Wildman–Crippen MR) is 72.8 cm³/mol. The van der Waals surface area contributed by atoms with E-state index in [2.05, 4.69) is 4.90 Å². The van der Waals surface area contributed by atoms with Gasteiger partial charge in [-0.3, -0.25) is 9.69 Å². The average Bonchev–Trinajstić information content (AvgIpc) is 2.71. The lowest BCUT2D eigenvalue weighted by Crippen LogP contribution is -2.48. The van der Waals surface area contributed by atoms with Crippen LogP contribution in [0.15, 0.2) is 0 Å². The first-order chi connectivity index (χ1) is 8.88.